The Kier molecular flexibility index (Phi) is 3.94. The van der Waals surface area contributed by atoms with E-state index in [1.807, 2.05) is 0 Å². The number of phenolic OH excluding ortho intramolecular Hbond substituents is 2. The molecule has 0 saturated heterocycles. The highest BCUT2D eigenvalue weighted by molar-refractivity contribution is 9.07. The molecule has 1 aliphatic heterocycles. The molecular formula is C20H18BrNO2. The summed E-state index contributed by atoms with van der Waals surface area (Å²) < 4.78 is 2.15. The van der Waals surface area contributed by atoms with Gasteiger partial charge in [0, 0.05) is 28.7 Å². The van der Waals surface area contributed by atoms with E-state index in [0.717, 1.165) is 30.5 Å². The van der Waals surface area contributed by atoms with Crippen LogP contribution in [0.2, 0.25) is 0 Å². The van der Waals surface area contributed by atoms with Gasteiger partial charge in [-0.25, -0.2) is 3.93 Å². The Hall–Kier alpha value is -2.04. The zero-order valence-corrected chi connectivity index (χ0v) is 14.7. The Morgan fingerprint density at radius 2 is 1.75 bits per heavy atom. The van der Waals surface area contributed by atoms with Crippen LogP contribution in [0.3, 0.4) is 0 Å². The van der Waals surface area contributed by atoms with E-state index in [1.165, 1.54) is 16.3 Å². The van der Waals surface area contributed by atoms with E-state index in [-0.39, 0.29) is 17.5 Å². The van der Waals surface area contributed by atoms with Gasteiger partial charge in [-0.2, -0.15) is 0 Å². The van der Waals surface area contributed by atoms with Crippen molar-refractivity contribution in [1.82, 2.24) is 3.93 Å². The second kappa shape index (κ2) is 6.11. The first-order valence-corrected chi connectivity index (χ1v) is 8.78. The van der Waals surface area contributed by atoms with Gasteiger partial charge in [0.05, 0.1) is 0 Å². The number of nitrogens with zero attached hydrogens (tertiary/aromatic N) is 1. The maximum Gasteiger partial charge on any atom is 0.157 e. The third kappa shape index (κ3) is 2.66. The minimum atomic E-state index is -0.0560. The van der Waals surface area contributed by atoms with Crippen molar-refractivity contribution in [1.29, 1.82) is 0 Å². The first-order valence-electron chi connectivity index (χ1n) is 8.07. The van der Waals surface area contributed by atoms with Crippen LogP contribution in [0.1, 0.15) is 22.7 Å². The van der Waals surface area contributed by atoms with Gasteiger partial charge in [-0.05, 0) is 52.4 Å². The highest BCUT2D eigenvalue weighted by Crippen LogP contribution is 2.40. The smallest absolute Gasteiger partial charge is 0.157 e. The third-order valence-corrected chi connectivity index (χ3v) is 5.67. The quantitative estimate of drug-likeness (QED) is 0.497. The first kappa shape index (κ1) is 15.5. The predicted molar refractivity (Wildman–Crippen MR) is 99.5 cm³/mol. The summed E-state index contributed by atoms with van der Waals surface area (Å²) >= 11 is 3.68. The second-order valence-corrected chi connectivity index (χ2v) is 7.18. The number of hydrogen-bond donors (Lipinski definition) is 2. The third-order valence-electron chi connectivity index (χ3n) is 4.82. The van der Waals surface area contributed by atoms with Gasteiger partial charge in [0.1, 0.15) is 0 Å². The molecule has 24 heavy (non-hydrogen) atoms. The van der Waals surface area contributed by atoms with Crippen LogP contribution in [0, 0.1) is 0 Å². The summed E-state index contributed by atoms with van der Waals surface area (Å²) in [5, 5.41) is 22.2. The van der Waals surface area contributed by atoms with Crippen LogP contribution < -0.4 is 0 Å². The Morgan fingerprint density at radius 3 is 2.62 bits per heavy atom. The van der Waals surface area contributed by atoms with E-state index >= 15 is 0 Å². The van der Waals surface area contributed by atoms with Gasteiger partial charge in [-0.15, -0.1) is 0 Å². The molecule has 0 radical (unpaired) electrons. The SMILES string of the molecule is Oc1cc2c(cc1O)[C@@H](Cc1cccc3ccccc13)N(Br)CC2. The lowest BCUT2D eigenvalue weighted by molar-refractivity contribution is 0.344. The molecule has 0 bridgehead atoms. The average Bonchev–Trinajstić information content (AvgIpc) is 2.59. The van der Waals surface area contributed by atoms with Crippen molar-refractivity contribution in [2.24, 2.45) is 0 Å². The van der Waals surface area contributed by atoms with E-state index in [0.29, 0.717) is 0 Å². The van der Waals surface area contributed by atoms with Crippen LogP contribution >= 0.6 is 16.1 Å². The van der Waals surface area contributed by atoms with Gasteiger partial charge in [0.2, 0.25) is 0 Å². The fourth-order valence-corrected chi connectivity index (χ4v) is 4.13. The number of fused-ring (bicyclic) bond motifs is 2. The molecule has 0 aromatic heterocycles. The summed E-state index contributed by atoms with van der Waals surface area (Å²) in [5.74, 6) is -0.0971. The zero-order chi connectivity index (χ0) is 16.7. The Morgan fingerprint density at radius 1 is 1.00 bits per heavy atom. The van der Waals surface area contributed by atoms with Crippen molar-refractivity contribution >= 4 is 26.9 Å². The lowest BCUT2D eigenvalue weighted by atomic mass is 9.88. The normalized spacial score (nSPS) is 17.8. The van der Waals surface area contributed by atoms with Gasteiger partial charge >= 0.3 is 0 Å². The van der Waals surface area contributed by atoms with Crippen molar-refractivity contribution in [2.75, 3.05) is 6.54 Å². The van der Waals surface area contributed by atoms with Crippen LogP contribution in [0.4, 0.5) is 0 Å². The molecule has 0 aliphatic carbocycles. The molecule has 0 saturated carbocycles. The molecule has 2 N–H and O–H groups in total. The molecule has 122 valence electrons. The van der Waals surface area contributed by atoms with Crippen molar-refractivity contribution in [2.45, 2.75) is 18.9 Å². The fraction of sp³-hybridized carbons (Fsp3) is 0.200. The standard InChI is InChI=1S/C20H18BrNO2/c21-22-9-8-15-11-19(23)20(24)12-17(15)18(22)10-14-6-3-5-13-4-1-2-7-16(13)14/h1-7,11-12,18,23-24H,8-10H2/t18-/m1/s1. The Bertz CT molecular complexity index is 904. The van der Waals surface area contributed by atoms with Crippen LogP contribution in [0.15, 0.2) is 54.6 Å². The van der Waals surface area contributed by atoms with E-state index in [9.17, 15) is 10.2 Å². The second-order valence-electron chi connectivity index (χ2n) is 6.27. The molecule has 1 heterocycles. The largest absolute Gasteiger partial charge is 0.504 e. The zero-order valence-electron chi connectivity index (χ0n) is 13.1. The first-order chi connectivity index (χ1) is 11.6. The van der Waals surface area contributed by atoms with E-state index in [4.69, 9.17) is 0 Å². The van der Waals surface area contributed by atoms with Crippen molar-refractivity contribution in [3.8, 4) is 11.5 Å². The summed E-state index contributed by atoms with van der Waals surface area (Å²) in [4.78, 5) is 0. The number of rotatable bonds is 2. The summed E-state index contributed by atoms with van der Waals surface area (Å²) in [6, 6.07) is 18.3. The minimum Gasteiger partial charge on any atom is -0.504 e. The number of hydrogen-bond acceptors (Lipinski definition) is 3. The van der Waals surface area contributed by atoms with Gasteiger partial charge in [0.25, 0.3) is 0 Å². The number of aromatic hydroxyl groups is 2. The molecular weight excluding hydrogens is 366 g/mol. The molecule has 0 amide bonds. The molecule has 0 fully saturated rings. The monoisotopic (exact) mass is 383 g/mol. The highest BCUT2D eigenvalue weighted by Gasteiger charge is 2.28. The molecule has 3 nitrogen and oxygen atoms in total. The number of phenols is 2. The number of halogens is 1. The molecule has 3 aromatic rings. The van der Waals surface area contributed by atoms with E-state index in [1.54, 1.807) is 12.1 Å². The Labute approximate surface area is 149 Å². The fourth-order valence-electron chi connectivity index (χ4n) is 3.58. The van der Waals surface area contributed by atoms with Crippen molar-refractivity contribution < 1.29 is 10.2 Å². The lowest BCUT2D eigenvalue weighted by Crippen LogP contribution is -2.29. The lowest BCUT2D eigenvalue weighted by Gasteiger charge is -2.33. The van der Waals surface area contributed by atoms with Gasteiger partial charge < -0.3 is 10.2 Å². The average molecular weight is 384 g/mol. The minimum absolute atomic E-state index is 0.0410. The number of benzene rings is 3. The molecule has 4 heteroatoms. The topological polar surface area (TPSA) is 43.7 Å². The molecule has 1 aliphatic rings. The predicted octanol–water partition coefficient (Wildman–Crippen LogP) is 4.70. The van der Waals surface area contributed by atoms with E-state index < -0.39 is 0 Å². The highest BCUT2D eigenvalue weighted by atomic mass is 79.9. The summed E-state index contributed by atoms with van der Waals surface area (Å²) in [7, 11) is 0. The molecule has 0 unspecified atom stereocenters. The van der Waals surface area contributed by atoms with Crippen LogP contribution in [0.25, 0.3) is 10.8 Å². The van der Waals surface area contributed by atoms with Gasteiger partial charge in [0.15, 0.2) is 11.5 Å². The molecule has 4 rings (SSSR count). The molecule has 1 atom stereocenters. The summed E-state index contributed by atoms with van der Waals surface area (Å²) in [6.07, 6.45) is 1.68. The van der Waals surface area contributed by atoms with Crippen LogP contribution in [-0.4, -0.2) is 20.7 Å². The van der Waals surface area contributed by atoms with Gasteiger partial charge in [-0.1, -0.05) is 42.5 Å². The van der Waals surface area contributed by atoms with Crippen molar-refractivity contribution in [3.63, 3.8) is 0 Å². The van der Waals surface area contributed by atoms with E-state index in [2.05, 4.69) is 62.5 Å². The Balaban J connectivity index is 1.78. The maximum absolute atomic E-state index is 9.93. The van der Waals surface area contributed by atoms with Crippen molar-refractivity contribution in [3.05, 3.63) is 71.3 Å². The van der Waals surface area contributed by atoms with Crippen LogP contribution in [-0.2, 0) is 12.8 Å². The summed E-state index contributed by atoms with van der Waals surface area (Å²) in [5.41, 5.74) is 3.45. The molecule has 3 aromatic carbocycles. The van der Waals surface area contributed by atoms with Crippen LogP contribution in [0.5, 0.6) is 11.5 Å². The molecule has 0 spiro atoms. The maximum atomic E-state index is 9.93. The van der Waals surface area contributed by atoms with Gasteiger partial charge in [-0.3, -0.25) is 0 Å². The summed E-state index contributed by atoms with van der Waals surface area (Å²) in [6.45, 7) is 0.868.